The summed E-state index contributed by atoms with van der Waals surface area (Å²) >= 11 is 0. The fourth-order valence-electron chi connectivity index (χ4n) is 1.43. The van der Waals surface area contributed by atoms with Crippen LogP contribution in [0.15, 0.2) is 12.2 Å². The molecule has 0 aliphatic heterocycles. The Bertz CT molecular complexity index is 215. The molecule has 1 aliphatic carbocycles. The molecule has 0 aromatic carbocycles. The van der Waals surface area contributed by atoms with Crippen molar-refractivity contribution < 1.29 is 0 Å². The van der Waals surface area contributed by atoms with E-state index in [1.165, 1.54) is 0 Å². The Balaban J connectivity index is 2.11. The molecule has 13 heavy (non-hydrogen) atoms. The van der Waals surface area contributed by atoms with Crippen LogP contribution in [-0.2, 0) is 0 Å². The molecular formula is C11H18N2. The monoisotopic (exact) mass is 178 g/mol. The van der Waals surface area contributed by atoms with E-state index < -0.39 is 0 Å². The van der Waals surface area contributed by atoms with Crippen molar-refractivity contribution in [3.05, 3.63) is 12.2 Å². The highest BCUT2D eigenvalue weighted by Crippen LogP contribution is 2.18. The molecule has 0 amide bonds. The second-order valence-electron chi connectivity index (χ2n) is 4.34. The first-order valence-corrected chi connectivity index (χ1v) is 4.94. The van der Waals surface area contributed by atoms with Crippen molar-refractivity contribution in [2.45, 2.75) is 39.2 Å². The third-order valence-corrected chi connectivity index (χ3v) is 2.49. The van der Waals surface area contributed by atoms with Gasteiger partial charge in [0.2, 0.25) is 0 Å². The summed E-state index contributed by atoms with van der Waals surface area (Å²) in [4.78, 5) is 0. The maximum atomic E-state index is 8.80. The number of hydrogen-bond donors (Lipinski definition) is 1. The first-order chi connectivity index (χ1) is 6.14. The molecule has 0 aromatic rings. The van der Waals surface area contributed by atoms with Gasteiger partial charge in [-0.05, 0) is 39.7 Å². The number of rotatable bonds is 4. The van der Waals surface area contributed by atoms with Crippen LogP contribution in [0.3, 0.4) is 0 Å². The van der Waals surface area contributed by atoms with Crippen LogP contribution in [0.1, 0.15) is 33.1 Å². The maximum Gasteiger partial charge on any atom is 0.0684 e. The largest absolute Gasteiger partial charge is 0.313 e. The zero-order chi connectivity index (χ0) is 9.73. The van der Waals surface area contributed by atoms with Crippen LogP contribution in [0.4, 0.5) is 0 Å². The first-order valence-electron chi connectivity index (χ1n) is 4.94. The number of nitriles is 1. The van der Waals surface area contributed by atoms with Gasteiger partial charge in [-0.3, -0.25) is 0 Å². The molecule has 2 heteroatoms. The Labute approximate surface area is 80.6 Å². The first kappa shape index (κ1) is 10.3. The van der Waals surface area contributed by atoms with Crippen LogP contribution in [0.5, 0.6) is 0 Å². The Kier molecular flexibility index (Phi) is 3.50. The van der Waals surface area contributed by atoms with Crippen molar-refractivity contribution in [2.24, 2.45) is 5.41 Å². The molecule has 2 nitrogen and oxygen atoms in total. The lowest BCUT2D eigenvalue weighted by molar-refractivity contribution is 0.411. The summed E-state index contributed by atoms with van der Waals surface area (Å²) in [5.74, 6) is 0. The van der Waals surface area contributed by atoms with E-state index in [1.54, 1.807) is 0 Å². The van der Waals surface area contributed by atoms with Gasteiger partial charge in [-0.15, -0.1) is 0 Å². The normalized spacial score (nSPS) is 17.6. The van der Waals surface area contributed by atoms with Crippen molar-refractivity contribution in [1.29, 1.82) is 5.26 Å². The van der Waals surface area contributed by atoms with Crippen molar-refractivity contribution in [3.63, 3.8) is 0 Å². The molecule has 0 saturated carbocycles. The standard InChI is InChI=1S/C11H18N2/c1-11(2,9-12)7-8-13-10-5-3-4-6-10/h3-4,10,13H,5-8H2,1-2H3. The topological polar surface area (TPSA) is 35.8 Å². The quantitative estimate of drug-likeness (QED) is 0.670. The summed E-state index contributed by atoms with van der Waals surface area (Å²) < 4.78 is 0. The smallest absolute Gasteiger partial charge is 0.0684 e. The van der Waals surface area contributed by atoms with Crippen LogP contribution in [0.2, 0.25) is 0 Å². The molecule has 0 bridgehead atoms. The highest BCUT2D eigenvalue weighted by Gasteiger charge is 2.17. The zero-order valence-electron chi connectivity index (χ0n) is 8.51. The van der Waals surface area contributed by atoms with Crippen LogP contribution in [0.25, 0.3) is 0 Å². The van der Waals surface area contributed by atoms with Gasteiger partial charge in [0.1, 0.15) is 0 Å². The average molecular weight is 178 g/mol. The molecule has 0 heterocycles. The van der Waals surface area contributed by atoms with E-state index in [1.807, 2.05) is 13.8 Å². The lowest BCUT2D eigenvalue weighted by Crippen LogP contribution is -2.29. The molecule has 0 saturated heterocycles. The van der Waals surface area contributed by atoms with Gasteiger partial charge in [-0.1, -0.05) is 12.2 Å². The lowest BCUT2D eigenvalue weighted by atomic mass is 9.91. The Morgan fingerprint density at radius 2 is 2.08 bits per heavy atom. The molecule has 0 unspecified atom stereocenters. The SMILES string of the molecule is CC(C)(C#N)CCNC1CC=CC1. The van der Waals surface area contributed by atoms with E-state index in [0.717, 1.165) is 25.8 Å². The van der Waals surface area contributed by atoms with E-state index in [-0.39, 0.29) is 5.41 Å². The molecule has 0 spiro atoms. The summed E-state index contributed by atoms with van der Waals surface area (Å²) in [5, 5.41) is 12.3. The number of nitrogens with zero attached hydrogens (tertiary/aromatic N) is 1. The van der Waals surface area contributed by atoms with Gasteiger partial charge < -0.3 is 5.32 Å². The number of nitrogens with one attached hydrogen (secondary N) is 1. The highest BCUT2D eigenvalue weighted by atomic mass is 14.9. The van der Waals surface area contributed by atoms with Crippen molar-refractivity contribution in [1.82, 2.24) is 5.32 Å². The molecular weight excluding hydrogens is 160 g/mol. The van der Waals surface area contributed by atoms with Crippen LogP contribution in [0, 0.1) is 16.7 Å². The molecule has 0 radical (unpaired) electrons. The fraction of sp³-hybridized carbons (Fsp3) is 0.727. The predicted octanol–water partition coefficient (Wildman–Crippen LogP) is 2.23. The van der Waals surface area contributed by atoms with E-state index in [9.17, 15) is 0 Å². The van der Waals surface area contributed by atoms with Gasteiger partial charge >= 0.3 is 0 Å². The van der Waals surface area contributed by atoms with E-state index >= 15 is 0 Å². The Morgan fingerprint density at radius 1 is 1.46 bits per heavy atom. The van der Waals surface area contributed by atoms with Crippen LogP contribution >= 0.6 is 0 Å². The van der Waals surface area contributed by atoms with Crippen molar-refractivity contribution in [3.8, 4) is 6.07 Å². The Morgan fingerprint density at radius 3 is 2.62 bits per heavy atom. The van der Waals surface area contributed by atoms with Crippen LogP contribution < -0.4 is 5.32 Å². The average Bonchev–Trinajstić information content (AvgIpc) is 2.57. The van der Waals surface area contributed by atoms with Crippen LogP contribution in [-0.4, -0.2) is 12.6 Å². The summed E-state index contributed by atoms with van der Waals surface area (Å²) in [7, 11) is 0. The molecule has 0 aromatic heterocycles. The predicted molar refractivity (Wildman–Crippen MR) is 54.2 cm³/mol. The van der Waals surface area contributed by atoms with Gasteiger partial charge in [0, 0.05) is 6.04 Å². The van der Waals surface area contributed by atoms with Gasteiger partial charge in [0.15, 0.2) is 0 Å². The highest BCUT2D eigenvalue weighted by molar-refractivity contribution is 4.98. The summed E-state index contributed by atoms with van der Waals surface area (Å²) in [6.45, 7) is 4.93. The second kappa shape index (κ2) is 4.43. The lowest BCUT2D eigenvalue weighted by Gasteiger charge is -2.17. The maximum absolute atomic E-state index is 8.80. The molecule has 1 rings (SSSR count). The van der Waals surface area contributed by atoms with Crippen molar-refractivity contribution >= 4 is 0 Å². The Hall–Kier alpha value is -0.810. The zero-order valence-corrected chi connectivity index (χ0v) is 8.51. The number of hydrogen-bond acceptors (Lipinski definition) is 2. The summed E-state index contributed by atoms with van der Waals surface area (Å²) in [5.41, 5.74) is -0.182. The molecule has 72 valence electrons. The second-order valence-corrected chi connectivity index (χ2v) is 4.34. The third-order valence-electron chi connectivity index (χ3n) is 2.49. The summed E-state index contributed by atoms with van der Waals surface area (Å²) in [6, 6.07) is 2.93. The van der Waals surface area contributed by atoms with Gasteiger partial charge in [-0.25, -0.2) is 0 Å². The van der Waals surface area contributed by atoms with Gasteiger partial charge in [-0.2, -0.15) is 5.26 Å². The minimum atomic E-state index is -0.182. The van der Waals surface area contributed by atoms with Crippen molar-refractivity contribution in [2.75, 3.05) is 6.54 Å². The molecule has 0 fully saturated rings. The van der Waals surface area contributed by atoms with E-state index in [0.29, 0.717) is 6.04 Å². The third kappa shape index (κ3) is 3.61. The minimum absolute atomic E-state index is 0.182. The fourth-order valence-corrected chi connectivity index (χ4v) is 1.43. The molecule has 0 atom stereocenters. The van der Waals surface area contributed by atoms with E-state index in [4.69, 9.17) is 5.26 Å². The summed E-state index contributed by atoms with van der Waals surface area (Å²) in [6.07, 6.45) is 7.65. The molecule has 1 N–H and O–H groups in total. The van der Waals surface area contributed by atoms with E-state index in [2.05, 4.69) is 23.5 Å². The van der Waals surface area contributed by atoms with Gasteiger partial charge in [0.05, 0.1) is 11.5 Å². The minimum Gasteiger partial charge on any atom is -0.313 e. The van der Waals surface area contributed by atoms with Gasteiger partial charge in [0.25, 0.3) is 0 Å². The molecule has 1 aliphatic rings.